The average molecular weight is 359 g/mol. The lowest BCUT2D eigenvalue weighted by Crippen LogP contribution is -2.40. The van der Waals surface area contributed by atoms with Gasteiger partial charge >= 0.3 is 0 Å². The quantitative estimate of drug-likeness (QED) is 0.766. The molecule has 0 fully saturated rings. The molecule has 4 nitrogen and oxygen atoms in total. The highest BCUT2D eigenvalue weighted by atomic mass is 32.1. The highest BCUT2D eigenvalue weighted by Gasteiger charge is 2.33. The van der Waals surface area contributed by atoms with Crippen LogP contribution in [0.4, 0.5) is 0 Å². The normalized spacial score (nSPS) is 16.4. The Hall–Kier alpha value is -2.01. The zero-order chi connectivity index (χ0) is 17.8. The van der Waals surface area contributed by atoms with E-state index in [4.69, 9.17) is 9.47 Å². The highest BCUT2D eigenvalue weighted by molar-refractivity contribution is 7.10. The van der Waals surface area contributed by atoms with Crippen molar-refractivity contribution in [2.75, 3.05) is 20.8 Å². The van der Waals surface area contributed by atoms with Crippen molar-refractivity contribution in [1.29, 1.82) is 0 Å². The molecule has 0 saturated carbocycles. The minimum absolute atomic E-state index is 0.0343. The first-order chi connectivity index (χ1) is 12.2. The molecule has 0 aliphatic carbocycles. The molecule has 1 aromatic carbocycles. The maximum absolute atomic E-state index is 12.8. The molecule has 1 aromatic heterocycles. The number of carbonyl (C=O) groups is 1. The van der Waals surface area contributed by atoms with Crippen molar-refractivity contribution in [3.8, 4) is 11.5 Å². The number of hydrogen-bond donors (Lipinski definition) is 0. The molecular formula is C20H25NO3S. The Morgan fingerprint density at radius 3 is 2.68 bits per heavy atom. The molecule has 2 heterocycles. The fourth-order valence-electron chi connectivity index (χ4n) is 3.44. The Bertz CT molecular complexity index is 727. The van der Waals surface area contributed by atoms with Crippen molar-refractivity contribution in [2.45, 2.75) is 38.6 Å². The molecule has 1 aliphatic rings. The predicted octanol–water partition coefficient (Wildman–Crippen LogP) is 4.43. The van der Waals surface area contributed by atoms with Crippen LogP contribution in [0.2, 0.25) is 0 Å². The molecule has 0 bridgehead atoms. The van der Waals surface area contributed by atoms with Crippen LogP contribution < -0.4 is 9.47 Å². The van der Waals surface area contributed by atoms with Crippen molar-refractivity contribution in [3.05, 3.63) is 45.6 Å². The second-order valence-corrected chi connectivity index (χ2v) is 7.24. The van der Waals surface area contributed by atoms with Crippen LogP contribution in [0.25, 0.3) is 0 Å². The number of rotatable bonds is 6. The second-order valence-electron chi connectivity index (χ2n) is 6.26. The van der Waals surface area contributed by atoms with Gasteiger partial charge in [0.1, 0.15) is 0 Å². The molecule has 0 spiro atoms. The largest absolute Gasteiger partial charge is 0.493 e. The van der Waals surface area contributed by atoms with Crippen LogP contribution >= 0.6 is 11.3 Å². The van der Waals surface area contributed by atoms with E-state index in [2.05, 4.69) is 24.4 Å². The number of hydrogen-bond acceptors (Lipinski definition) is 4. The van der Waals surface area contributed by atoms with E-state index in [0.717, 1.165) is 37.1 Å². The lowest BCUT2D eigenvalue weighted by molar-refractivity contribution is -0.133. The third kappa shape index (κ3) is 3.52. The van der Waals surface area contributed by atoms with Crippen LogP contribution in [0.3, 0.4) is 0 Å². The topological polar surface area (TPSA) is 38.8 Å². The highest BCUT2D eigenvalue weighted by Crippen LogP contribution is 2.42. The lowest BCUT2D eigenvalue weighted by atomic mass is 9.90. The van der Waals surface area contributed by atoms with E-state index >= 15 is 0 Å². The van der Waals surface area contributed by atoms with Crippen molar-refractivity contribution < 1.29 is 14.3 Å². The molecule has 0 radical (unpaired) electrons. The van der Waals surface area contributed by atoms with E-state index in [-0.39, 0.29) is 11.9 Å². The Morgan fingerprint density at radius 1 is 1.28 bits per heavy atom. The zero-order valence-electron chi connectivity index (χ0n) is 15.1. The summed E-state index contributed by atoms with van der Waals surface area (Å²) in [4.78, 5) is 16.1. The van der Waals surface area contributed by atoms with Crippen LogP contribution in [0.1, 0.15) is 48.2 Å². The van der Waals surface area contributed by atoms with Gasteiger partial charge in [-0.05, 0) is 47.5 Å². The molecular weight excluding hydrogens is 334 g/mol. The van der Waals surface area contributed by atoms with Gasteiger partial charge in [-0.3, -0.25) is 4.79 Å². The van der Waals surface area contributed by atoms with Gasteiger partial charge in [-0.2, -0.15) is 0 Å². The molecule has 25 heavy (non-hydrogen) atoms. The molecule has 5 heteroatoms. The van der Waals surface area contributed by atoms with Crippen molar-refractivity contribution in [2.24, 2.45) is 0 Å². The maximum atomic E-state index is 12.8. The maximum Gasteiger partial charge on any atom is 0.223 e. The van der Waals surface area contributed by atoms with Crippen molar-refractivity contribution in [3.63, 3.8) is 0 Å². The summed E-state index contributed by atoms with van der Waals surface area (Å²) in [6.07, 6.45) is 3.42. The van der Waals surface area contributed by atoms with Crippen molar-refractivity contribution >= 4 is 17.2 Å². The van der Waals surface area contributed by atoms with Crippen LogP contribution in [0.15, 0.2) is 29.6 Å². The molecule has 0 saturated heterocycles. The zero-order valence-corrected chi connectivity index (χ0v) is 15.9. The number of benzene rings is 1. The summed E-state index contributed by atoms with van der Waals surface area (Å²) in [6.45, 7) is 2.86. The van der Waals surface area contributed by atoms with Crippen molar-refractivity contribution in [1.82, 2.24) is 4.90 Å². The fourth-order valence-corrected chi connectivity index (χ4v) is 4.29. The van der Waals surface area contributed by atoms with E-state index in [0.29, 0.717) is 12.2 Å². The Labute approximate surface area is 153 Å². The molecule has 0 N–H and O–H groups in total. The second kappa shape index (κ2) is 7.91. The minimum Gasteiger partial charge on any atom is -0.493 e. The first-order valence-electron chi connectivity index (χ1n) is 8.77. The number of fused-ring (bicyclic) bond motifs is 1. The average Bonchev–Trinajstić information content (AvgIpc) is 3.18. The SMILES string of the molecule is CCCCC(=O)N1CCc2cc(OC)c(OC)cc2C1c1cccs1. The van der Waals surface area contributed by atoms with Gasteiger partial charge in [-0.1, -0.05) is 19.4 Å². The number of methoxy groups -OCH3 is 2. The molecule has 2 aromatic rings. The summed E-state index contributed by atoms with van der Waals surface area (Å²) >= 11 is 1.70. The Kier molecular flexibility index (Phi) is 5.63. The van der Waals surface area contributed by atoms with Gasteiger partial charge in [0, 0.05) is 17.8 Å². The van der Waals surface area contributed by atoms with Gasteiger partial charge in [0.05, 0.1) is 20.3 Å². The van der Waals surface area contributed by atoms with Gasteiger partial charge < -0.3 is 14.4 Å². The first kappa shape index (κ1) is 17.8. The van der Waals surface area contributed by atoms with Crippen LogP contribution in [0.5, 0.6) is 11.5 Å². The van der Waals surface area contributed by atoms with Crippen LogP contribution in [0, 0.1) is 0 Å². The number of unbranched alkanes of at least 4 members (excludes halogenated alkanes) is 1. The monoisotopic (exact) mass is 359 g/mol. The summed E-state index contributed by atoms with van der Waals surface area (Å²) in [5.74, 6) is 1.70. The van der Waals surface area contributed by atoms with Crippen LogP contribution in [-0.2, 0) is 11.2 Å². The van der Waals surface area contributed by atoms with Gasteiger partial charge in [-0.15, -0.1) is 11.3 Å². The molecule has 1 amide bonds. The molecule has 1 atom stereocenters. The molecule has 1 aliphatic heterocycles. The Morgan fingerprint density at radius 2 is 2.04 bits per heavy atom. The Balaban J connectivity index is 2.04. The number of ether oxygens (including phenoxy) is 2. The van der Waals surface area contributed by atoms with Gasteiger partial charge in [0.25, 0.3) is 0 Å². The molecule has 1 unspecified atom stereocenters. The van der Waals surface area contributed by atoms with Gasteiger partial charge in [-0.25, -0.2) is 0 Å². The van der Waals surface area contributed by atoms with Gasteiger partial charge in [0.2, 0.25) is 5.91 Å². The number of nitrogens with zero attached hydrogens (tertiary/aromatic N) is 1. The third-order valence-electron chi connectivity index (χ3n) is 4.75. The van der Waals surface area contributed by atoms with E-state index in [1.165, 1.54) is 10.4 Å². The number of amides is 1. The number of thiophene rings is 1. The summed E-state index contributed by atoms with van der Waals surface area (Å²) in [7, 11) is 3.31. The summed E-state index contributed by atoms with van der Waals surface area (Å²) in [5.41, 5.74) is 2.38. The summed E-state index contributed by atoms with van der Waals surface area (Å²) < 4.78 is 11.0. The lowest BCUT2D eigenvalue weighted by Gasteiger charge is -2.37. The van der Waals surface area contributed by atoms with E-state index < -0.39 is 0 Å². The van der Waals surface area contributed by atoms with E-state index in [9.17, 15) is 4.79 Å². The smallest absolute Gasteiger partial charge is 0.223 e. The first-order valence-corrected chi connectivity index (χ1v) is 9.65. The third-order valence-corrected chi connectivity index (χ3v) is 5.68. The minimum atomic E-state index is -0.0343. The molecule has 134 valence electrons. The number of carbonyl (C=O) groups excluding carboxylic acids is 1. The van der Waals surface area contributed by atoms with E-state index in [1.807, 2.05) is 17.0 Å². The molecule has 3 rings (SSSR count). The van der Waals surface area contributed by atoms with Gasteiger partial charge in [0.15, 0.2) is 11.5 Å². The van der Waals surface area contributed by atoms with E-state index in [1.54, 1.807) is 25.6 Å². The predicted molar refractivity (Wildman–Crippen MR) is 101 cm³/mol. The standard InChI is InChI=1S/C20H25NO3S/c1-4-5-8-19(22)21-10-9-14-12-16(23-2)17(24-3)13-15(14)20(21)18-7-6-11-25-18/h6-7,11-13,20H,4-5,8-10H2,1-3H3. The summed E-state index contributed by atoms with van der Waals surface area (Å²) in [5, 5.41) is 2.07. The van der Waals surface area contributed by atoms with Crippen LogP contribution in [-0.4, -0.2) is 31.6 Å². The fraction of sp³-hybridized carbons (Fsp3) is 0.450. The summed E-state index contributed by atoms with van der Waals surface area (Å²) in [6, 6.07) is 8.22.